The molecule has 162 valence electrons. The van der Waals surface area contributed by atoms with Crippen molar-refractivity contribution in [2.24, 2.45) is 0 Å². The lowest BCUT2D eigenvalue weighted by atomic mass is 10.2. The zero-order chi connectivity index (χ0) is 21.0. The lowest BCUT2D eigenvalue weighted by molar-refractivity contribution is -0.384. The summed E-state index contributed by atoms with van der Waals surface area (Å²) < 4.78 is 0. The van der Waals surface area contributed by atoms with E-state index in [2.05, 4.69) is 32.4 Å². The van der Waals surface area contributed by atoms with Gasteiger partial charge in [-0.1, -0.05) is 24.9 Å². The second-order valence-corrected chi connectivity index (χ2v) is 7.38. The molecule has 0 radical (unpaired) electrons. The maximum atomic E-state index is 11.3. The van der Waals surface area contributed by atoms with Crippen molar-refractivity contribution in [3.05, 3.63) is 45.1 Å². The first-order valence-electron chi connectivity index (χ1n) is 9.46. The molecular formula is C19H24Cl2N6O3. The Bertz CT molecular complexity index is 927. The number of carbonyl (C=O) groups excluding carboxylic acids is 1. The number of anilines is 3. The third-order valence-electron chi connectivity index (χ3n) is 4.59. The third-order valence-corrected chi connectivity index (χ3v) is 4.91. The smallest absolute Gasteiger partial charge is 0.289 e. The number of benzene rings is 1. The number of amides is 1. The minimum absolute atomic E-state index is 0. The van der Waals surface area contributed by atoms with Crippen LogP contribution < -0.4 is 15.5 Å². The van der Waals surface area contributed by atoms with Crippen molar-refractivity contribution in [2.75, 3.05) is 23.3 Å². The van der Waals surface area contributed by atoms with Crippen molar-refractivity contribution >= 4 is 53.1 Å². The highest BCUT2D eigenvalue weighted by molar-refractivity contribution is 6.32. The van der Waals surface area contributed by atoms with Crippen molar-refractivity contribution in [2.45, 2.75) is 39.2 Å². The molecule has 1 unspecified atom stereocenters. The Morgan fingerprint density at radius 3 is 2.80 bits per heavy atom. The van der Waals surface area contributed by atoms with Crippen LogP contribution in [0.15, 0.2) is 24.3 Å². The number of nitro benzene ring substituents is 1. The highest BCUT2D eigenvalue weighted by Crippen LogP contribution is 2.29. The zero-order valence-corrected chi connectivity index (χ0v) is 18.3. The predicted octanol–water partition coefficient (Wildman–Crippen LogP) is 3.87. The van der Waals surface area contributed by atoms with Gasteiger partial charge in [0.15, 0.2) is 0 Å². The van der Waals surface area contributed by atoms with Crippen LogP contribution in [0.2, 0.25) is 5.02 Å². The number of carbonyl (C=O) groups is 1. The molecule has 2 N–H and O–H groups in total. The SMILES string of the molecule is CCCc1cc(N2CCC(NC(C)=O)C2)nc(Nc2ccc(Cl)c([N+](=O)[O-])c2)n1.Cl. The first-order chi connectivity index (χ1) is 13.9. The van der Waals surface area contributed by atoms with E-state index in [0.717, 1.165) is 37.3 Å². The number of rotatable bonds is 7. The maximum Gasteiger partial charge on any atom is 0.289 e. The molecule has 0 saturated carbocycles. The normalized spacial score (nSPS) is 15.4. The van der Waals surface area contributed by atoms with Crippen molar-refractivity contribution in [3.8, 4) is 0 Å². The van der Waals surface area contributed by atoms with Gasteiger partial charge in [-0.3, -0.25) is 14.9 Å². The standard InChI is InChI=1S/C19H23ClN6O3.ClH/c1-3-4-13-10-18(25-8-7-15(11-25)21-12(2)27)24-19(22-13)23-14-5-6-16(20)17(9-14)26(28)29;/h5-6,9-10,15H,3-4,7-8,11H2,1-2H3,(H,21,27)(H,22,23,24);1H. The van der Waals surface area contributed by atoms with Crippen LogP contribution in [0.4, 0.5) is 23.1 Å². The fourth-order valence-electron chi connectivity index (χ4n) is 3.32. The van der Waals surface area contributed by atoms with E-state index < -0.39 is 4.92 Å². The fraction of sp³-hybridized carbons (Fsp3) is 0.421. The Morgan fingerprint density at radius 2 is 2.13 bits per heavy atom. The van der Waals surface area contributed by atoms with Gasteiger partial charge in [-0.25, -0.2) is 4.98 Å². The quantitative estimate of drug-likeness (QED) is 0.481. The van der Waals surface area contributed by atoms with Gasteiger partial charge in [0, 0.05) is 49.6 Å². The molecule has 1 saturated heterocycles. The topological polar surface area (TPSA) is 113 Å². The van der Waals surface area contributed by atoms with Gasteiger partial charge in [0.2, 0.25) is 11.9 Å². The van der Waals surface area contributed by atoms with Crippen LogP contribution in [0.5, 0.6) is 0 Å². The Labute approximate surface area is 185 Å². The molecule has 2 aromatic rings. The molecule has 9 nitrogen and oxygen atoms in total. The summed E-state index contributed by atoms with van der Waals surface area (Å²) in [6.07, 6.45) is 2.56. The Morgan fingerprint density at radius 1 is 1.37 bits per heavy atom. The molecule has 3 rings (SSSR count). The summed E-state index contributed by atoms with van der Waals surface area (Å²) in [5.74, 6) is 1.09. The van der Waals surface area contributed by atoms with Crippen molar-refractivity contribution in [1.29, 1.82) is 0 Å². The van der Waals surface area contributed by atoms with Crippen molar-refractivity contribution < 1.29 is 9.72 Å². The molecule has 1 amide bonds. The maximum absolute atomic E-state index is 11.3. The number of nitro groups is 1. The Hall–Kier alpha value is -2.65. The molecule has 0 aliphatic carbocycles. The van der Waals surface area contributed by atoms with E-state index >= 15 is 0 Å². The van der Waals surface area contributed by atoms with Crippen LogP contribution in [-0.2, 0) is 11.2 Å². The largest absolute Gasteiger partial charge is 0.354 e. The minimum atomic E-state index is -0.528. The average Bonchev–Trinajstić information content (AvgIpc) is 3.11. The first kappa shape index (κ1) is 23.6. The number of aromatic nitrogens is 2. The number of hydrogen-bond acceptors (Lipinski definition) is 7. The average molecular weight is 455 g/mol. The van der Waals surface area contributed by atoms with Crippen LogP contribution >= 0.6 is 24.0 Å². The molecule has 30 heavy (non-hydrogen) atoms. The molecule has 0 spiro atoms. The van der Waals surface area contributed by atoms with Gasteiger partial charge in [-0.05, 0) is 25.0 Å². The van der Waals surface area contributed by atoms with E-state index in [0.29, 0.717) is 18.2 Å². The van der Waals surface area contributed by atoms with Gasteiger partial charge < -0.3 is 15.5 Å². The molecule has 0 bridgehead atoms. The molecule has 1 aliphatic heterocycles. The first-order valence-corrected chi connectivity index (χ1v) is 9.84. The van der Waals surface area contributed by atoms with Crippen LogP contribution in [0.3, 0.4) is 0 Å². The molecule has 11 heteroatoms. The van der Waals surface area contributed by atoms with Crippen molar-refractivity contribution in [3.63, 3.8) is 0 Å². The van der Waals surface area contributed by atoms with E-state index in [9.17, 15) is 14.9 Å². The molecule has 1 fully saturated rings. The Kier molecular flexibility index (Phi) is 8.19. The summed E-state index contributed by atoms with van der Waals surface area (Å²) in [6.45, 7) is 5.04. The van der Waals surface area contributed by atoms with Crippen LogP contribution in [0.25, 0.3) is 0 Å². The number of aryl methyl sites for hydroxylation is 1. The molecular weight excluding hydrogens is 431 g/mol. The number of halogens is 2. The second-order valence-electron chi connectivity index (χ2n) is 6.97. The zero-order valence-electron chi connectivity index (χ0n) is 16.7. The van der Waals surface area contributed by atoms with Gasteiger partial charge in [0.05, 0.1) is 4.92 Å². The summed E-state index contributed by atoms with van der Waals surface area (Å²) in [5, 5.41) is 17.2. The third kappa shape index (κ3) is 5.93. The number of nitrogens with one attached hydrogen (secondary N) is 2. The van der Waals surface area contributed by atoms with Gasteiger partial charge in [0.25, 0.3) is 5.69 Å². The summed E-state index contributed by atoms with van der Waals surface area (Å²) in [6, 6.07) is 6.52. The molecule has 1 atom stereocenters. The van der Waals surface area contributed by atoms with E-state index in [4.69, 9.17) is 11.6 Å². The highest BCUT2D eigenvalue weighted by Gasteiger charge is 2.25. The van der Waals surface area contributed by atoms with Gasteiger partial charge in [-0.15, -0.1) is 12.4 Å². The lowest BCUT2D eigenvalue weighted by Gasteiger charge is -2.19. The number of hydrogen-bond donors (Lipinski definition) is 2. The summed E-state index contributed by atoms with van der Waals surface area (Å²) in [5.41, 5.74) is 1.18. The lowest BCUT2D eigenvalue weighted by Crippen LogP contribution is -2.35. The van der Waals surface area contributed by atoms with E-state index in [1.54, 1.807) is 6.07 Å². The second kappa shape index (κ2) is 10.4. The molecule has 1 aromatic carbocycles. The van der Waals surface area contributed by atoms with E-state index in [1.165, 1.54) is 19.1 Å². The van der Waals surface area contributed by atoms with E-state index in [1.807, 2.05) is 6.07 Å². The van der Waals surface area contributed by atoms with Crippen LogP contribution in [0, 0.1) is 10.1 Å². The van der Waals surface area contributed by atoms with Gasteiger partial charge in [-0.2, -0.15) is 4.98 Å². The van der Waals surface area contributed by atoms with Gasteiger partial charge >= 0.3 is 0 Å². The Balaban J connectivity index is 0.00000320. The minimum Gasteiger partial charge on any atom is -0.354 e. The highest BCUT2D eigenvalue weighted by atomic mass is 35.5. The van der Waals surface area contributed by atoms with E-state index in [-0.39, 0.29) is 35.1 Å². The fourth-order valence-corrected chi connectivity index (χ4v) is 3.50. The molecule has 1 aromatic heterocycles. The van der Waals surface area contributed by atoms with Crippen LogP contribution in [-0.4, -0.2) is 39.9 Å². The monoisotopic (exact) mass is 454 g/mol. The van der Waals surface area contributed by atoms with Crippen molar-refractivity contribution in [1.82, 2.24) is 15.3 Å². The van der Waals surface area contributed by atoms with Crippen LogP contribution in [0.1, 0.15) is 32.4 Å². The van der Waals surface area contributed by atoms with Gasteiger partial charge in [0.1, 0.15) is 10.8 Å². The summed E-state index contributed by atoms with van der Waals surface area (Å²) in [4.78, 5) is 33.1. The molecule has 1 aliphatic rings. The predicted molar refractivity (Wildman–Crippen MR) is 119 cm³/mol. The summed E-state index contributed by atoms with van der Waals surface area (Å²) >= 11 is 5.88. The number of nitrogens with zero attached hydrogens (tertiary/aromatic N) is 4. The molecule has 2 heterocycles. The summed E-state index contributed by atoms with van der Waals surface area (Å²) in [7, 11) is 0.